The van der Waals surface area contributed by atoms with Gasteiger partial charge in [0, 0.05) is 17.3 Å². The Kier molecular flexibility index (Phi) is 5.69. The normalized spacial score (nSPS) is 11.1. The monoisotopic (exact) mass is 411 g/mol. The summed E-state index contributed by atoms with van der Waals surface area (Å²) in [5.41, 5.74) is 0.183. The van der Waals surface area contributed by atoms with Gasteiger partial charge in [0.05, 0.1) is 4.90 Å². The van der Waals surface area contributed by atoms with Gasteiger partial charge in [-0.25, -0.2) is 13.1 Å². The lowest BCUT2D eigenvalue weighted by Gasteiger charge is -2.09. The lowest BCUT2D eigenvalue weighted by atomic mass is 10.1. The van der Waals surface area contributed by atoms with Crippen molar-refractivity contribution in [3.8, 4) is 0 Å². The number of carbonyl (C=O) groups is 2. The van der Waals surface area contributed by atoms with Crippen molar-refractivity contribution in [1.82, 2.24) is 9.78 Å². The van der Waals surface area contributed by atoms with Gasteiger partial charge in [0.2, 0.25) is 15.7 Å². The van der Waals surface area contributed by atoms with Crippen LogP contribution in [-0.2, 0) is 21.2 Å². The van der Waals surface area contributed by atoms with E-state index in [-0.39, 0.29) is 15.7 Å². The summed E-state index contributed by atoms with van der Waals surface area (Å²) in [7, 11) is -3.93. The van der Waals surface area contributed by atoms with E-state index in [1.54, 1.807) is 36.4 Å². The lowest BCUT2D eigenvalue weighted by molar-refractivity contribution is -0.117. The molecule has 0 fully saturated rings. The number of nitrogens with zero attached hydrogens (tertiary/aromatic N) is 2. The van der Waals surface area contributed by atoms with E-state index in [2.05, 4.69) is 10.4 Å². The average Bonchev–Trinajstić information content (AvgIpc) is 2.70. The first-order chi connectivity index (χ1) is 13.8. The molecule has 0 unspecified atom stereocenters. The molecule has 0 atom stereocenters. The first-order valence-electron chi connectivity index (χ1n) is 8.56. The number of benzene rings is 2. The van der Waals surface area contributed by atoms with Crippen LogP contribution in [0.15, 0.2) is 81.4 Å². The highest BCUT2D eigenvalue weighted by Gasteiger charge is 2.20. The van der Waals surface area contributed by atoms with Crippen LogP contribution >= 0.6 is 0 Å². The van der Waals surface area contributed by atoms with E-state index in [9.17, 15) is 22.8 Å². The van der Waals surface area contributed by atoms with Crippen LogP contribution < -0.4 is 10.9 Å². The highest BCUT2D eigenvalue weighted by molar-refractivity contribution is 7.91. The third-order valence-corrected chi connectivity index (χ3v) is 5.68. The number of Topliss-reactive ketones (excluding diaryl/α,β-unsaturated/α-hetero) is 1. The van der Waals surface area contributed by atoms with Gasteiger partial charge >= 0.3 is 0 Å². The molecule has 0 bridgehead atoms. The van der Waals surface area contributed by atoms with Crippen molar-refractivity contribution in [2.45, 2.75) is 23.4 Å². The number of ketones is 1. The summed E-state index contributed by atoms with van der Waals surface area (Å²) >= 11 is 0. The molecule has 0 aliphatic carbocycles. The second-order valence-electron chi connectivity index (χ2n) is 6.17. The predicted molar refractivity (Wildman–Crippen MR) is 105 cm³/mol. The molecule has 0 saturated carbocycles. The van der Waals surface area contributed by atoms with Crippen molar-refractivity contribution in [2.75, 3.05) is 5.32 Å². The molecular weight excluding hydrogens is 394 g/mol. The predicted octanol–water partition coefficient (Wildman–Crippen LogP) is 1.92. The molecule has 0 spiro atoms. The molecule has 3 rings (SSSR count). The van der Waals surface area contributed by atoms with E-state index >= 15 is 0 Å². The standard InChI is InChI=1S/C20H17N3O5S/c1-14(24)15-6-5-7-16(12-15)21-18(25)13-23-20(26)11-10-19(22-23)29(27,28)17-8-3-2-4-9-17/h2-12H,13H2,1H3,(H,21,25). The smallest absolute Gasteiger partial charge is 0.267 e. The summed E-state index contributed by atoms with van der Waals surface area (Å²) in [4.78, 5) is 35.8. The molecule has 3 aromatic rings. The Morgan fingerprint density at radius 2 is 1.72 bits per heavy atom. The summed E-state index contributed by atoms with van der Waals surface area (Å²) in [5, 5.41) is 6.07. The summed E-state index contributed by atoms with van der Waals surface area (Å²) in [6.45, 7) is 0.921. The fraction of sp³-hybridized carbons (Fsp3) is 0.100. The highest BCUT2D eigenvalue weighted by atomic mass is 32.2. The lowest BCUT2D eigenvalue weighted by Crippen LogP contribution is -2.30. The van der Waals surface area contributed by atoms with E-state index in [0.29, 0.717) is 11.3 Å². The molecule has 2 aromatic carbocycles. The van der Waals surface area contributed by atoms with Gasteiger partial charge in [0.15, 0.2) is 10.8 Å². The van der Waals surface area contributed by atoms with Crippen molar-refractivity contribution in [2.24, 2.45) is 0 Å². The fourth-order valence-electron chi connectivity index (χ4n) is 2.56. The third kappa shape index (κ3) is 4.64. The van der Waals surface area contributed by atoms with E-state index < -0.39 is 27.8 Å². The summed E-state index contributed by atoms with van der Waals surface area (Å²) < 4.78 is 26.1. The van der Waals surface area contributed by atoms with Crippen LogP contribution in [0.4, 0.5) is 5.69 Å². The fourth-order valence-corrected chi connectivity index (χ4v) is 3.77. The quantitative estimate of drug-likeness (QED) is 0.620. The van der Waals surface area contributed by atoms with Gasteiger partial charge in [-0.2, -0.15) is 5.10 Å². The molecule has 9 heteroatoms. The van der Waals surface area contributed by atoms with Crippen LogP contribution in [-0.4, -0.2) is 29.9 Å². The second-order valence-corrected chi connectivity index (χ2v) is 8.07. The Labute approximate surface area is 166 Å². The number of hydrogen-bond acceptors (Lipinski definition) is 6. The Balaban J connectivity index is 1.84. The number of hydrogen-bond donors (Lipinski definition) is 1. The van der Waals surface area contributed by atoms with Gasteiger partial charge in [0.25, 0.3) is 5.56 Å². The number of sulfone groups is 1. The Bertz CT molecular complexity index is 1230. The molecule has 0 saturated heterocycles. The van der Waals surface area contributed by atoms with Gasteiger partial charge in [-0.15, -0.1) is 0 Å². The Morgan fingerprint density at radius 3 is 2.41 bits per heavy atom. The molecule has 0 aliphatic rings. The minimum atomic E-state index is -3.93. The van der Waals surface area contributed by atoms with Gasteiger partial charge in [-0.3, -0.25) is 14.4 Å². The minimum absolute atomic E-state index is 0.0307. The maximum atomic E-state index is 12.7. The van der Waals surface area contributed by atoms with Crippen molar-refractivity contribution in [3.63, 3.8) is 0 Å². The van der Waals surface area contributed by atoms with Gasteiger partial charge < -0.3 is 5.32 Å². The molecule has 1 amide bonds. The summed E-state index contributed by atoms with van der Waals surface area (Å²) in [5.74, 6) is -0.743. The van der Waals surface area contributed by atoms with Crippen molar-refractivity contribution >= 4 is 27.2 Å². The molecule has 1 aromatic heterocycles. The maximum absolute atomic E-state index is 12.7. The number of amides is 1. The topological polar surface area (TPSA) is 115 Å². The van der Waals surface area contributed by atoms with Gasteiger partial charge in [0.1, 0.15) is 6.54 Å². The molecule has 1 N–H and O–H groups in total. The zero-order chi connectivity index (χ0) is 21.0. The number of carbonyl (C=O) groups excluding carboxylic acids is 2. The average molecular weight is 411 g/mol. The largest absolute Gasteiger partial charge is 0.324 e. The maximum Gasteiger partial charge on any atom is 0.267 e. The van der Waals surface area contributed by atoms with E-state index in [4.69, 9.17) is 0 Å². The van der Waals surface area contributed by atoms with Gasteiger partial charge in [-0.05, 0) is 37.3 Å². The van der Waals surface area contributed by atoms with Gasteiger partial charge in [-0.1, -0.05) is 30.3 Å². The van der Waals surface area contributed by atoms with Crippen LogP contribution in [0, 0.1) is 0 Å². The number of nitrogens with one attached hydrogen (secondary N) is 1. The van der Waals surface area contributed by atoms with E-state index in [1.807, 2.05) is 0 Å². The van der Waals surface area contributed by atoms with Crippen LogP contribution in [0.1, 0.15) is 17.3 Å². The molecule has 8 nitrogen and oxygen atoms in total. The zero-order valence-electron chi connectivity index (χ0n) is 15.4. The molecule has 148 valence electrons. The number of anilines is 1. The third-order valence-electron chi connectivity index (χ3n) is 4.02. The first-order valence-corrected chi connectivity index (χ1v) is 10.0. The van der Waals surface area contributed by atoms with Crippen molar-refractivity contribution < 1.29 is 18.0 Å². The second kappa shape index (κ2) is 8.19. The first kappa shape index (κ1) is 20.2. The molecule has 0 aliphatic heterocycles. The zero-order valence-corrected chi connectivity index (χ0v) is 16.2. The summed E-state index contributed by atoms with van der Waals surface area (Å²) in [6.07, 6.45) is 0. The van der Waals surface area contributed by atoms with Crippen LogP contribution in [0.3, 0.4) is 0 Å². The minimum Gasteiger partial charge on any atom is -0.324 e. The SMILES string of the molecule is CC(=O)c1cccc(NC(=O)Cn2nc(S(=O)(=O)c3ccccc3)ccc2=O)c1. The molecule has 0 radical (unpaired) electrons. The molecule has 1 heterocycles. The van der Waals surface area contributed by atoms with Crippen LogP contribution in [0.25, 0.3) is 0 Å². The number of aromatic nitrogens is 2. The van der Waals surface area contributed by atoms with Crippen molar-refractivity contribution in [3.05, 3.63) is 82.6 Å². The van der Waals surface area contributed by atoms with E-state index in [1.165, 1.54) is 25.1 Å². The van der Waals surface area contributed by atoms with Crippen molar-refractivity contribution in [1.29, 1.82) is 0 Å². The number of rotatable bonds is 6. The Hall–Kier alpha value is -3.59. The molecular formula is C20H17N3O5S. The van der Waals surface area contributed by atoms with Crippen LogP contribution in [0.2, 0.25) is 0 Å². The van der Waals surface area contributed by atoms with Crippen LogP contribution in [0.5, 0.6) is 0 Å². The highest BCUT2D eigenvalue weighted by Crippen LogP contribution is 2.17. The molecule has 29 heavy (non-hydrogen) atoms. The van der Waals surface area contributed by atoms with E-state index in [0.717, 1.165) is 16.8 Å². The Morgan fingerprint density at radius 1 is 1.00 bits per heavy atom. The summed E-state index contributed by atoms with van der Waals surface area (Å²) in [6, 6.07) is 16.1.